The monoisotopic (exact) mass is 138 g/mol. The van der Waals surface area contributed by atoms with Crippen molar-refractivity contribution in [3.05, 3.63) is 31.5 Å². The molecule has 0 bridgehead atoms. The molecule has 3 nitrogen and oxygen atoms in total. The van der Waals surface area contributed by atoms with E-state index >= 15 is 0 Å². The summed E-state index contributed by atoms with van der Waals surface area (Å²) < 4.78 is 4.82. The Hall–Kier alpha value is -1.09. The number of ether oxygens (including phenoxy) is 1. The Bertz CT molecular complexity index is 186. The zero-order valence-corrected chi connectivity index (χ0v) is 5.40. The molecule has 0 aliphatic carbocycles. The highest BCUT2D eigenvalue weighted by Crippen LogP contribution is 2.07. The summed E-state index contributed by atoms with van der Waals surface area (Å²) in [6.45, 7) is 3.25. The van der Waals surface area contributed by atoms with E-state index < -0.39 is 6.29 Å². The maximum absolute atomic E-state index is 8.65. The van der Waals surface area contributed by atoms with Crippen LogP contribution in [0.5, 0.6) is 5.75 Å². The number of aromatic nitrogens is 1. The first-order valence-electron chi connectivity index (χ1n) is 2.87. The first kappa shape index (κ1) is 7.02. The topological polar surface area (TPSA) is 42.4 Å². The number of hydrogen-bond donors (Lipinski definition) is 1. The average Bonchev–Trinajstić information content (AvgIpc) is 1.88. The van der Waals surface area contributed by atoms with Crippen LogP contribution in [0.2, 0.25) is 0 Å². The first-order valence-corrected chi connectivity index (χ1v) is 2.87. The Morgan fingerprint density at radius 1 is 1.50 bits per heavy atom. The van der Waals surface area contributed by atoms with Gasteiger partial charge in [0.25, 0.3) is 0 Å². The van der Waals surface area contributed by atoms with Crippen molar-refractivity contribution in [3.8, 4) is 5.75 Å². The highest BCUT2D eigenvalue weighted by Gasteiger charge is 1.94. The molecule has 0 aliphatic heterocycles. The van der Waals surface area contributed by atoms with Gasteiger partial charge in [0.05, 0.1) is 0 Å². The second kappa shape index (κ2) is 3.17. The molecule has 0 fully saturated rings. The van der Waals surface area contributed by atoms with Crippen molar-refractivity contribution in [2.24, 2.45) is 0 Å². The highest BCUT2D eigenvalue weighted by molar-refractivity contribution is 5.16. The van der Waals surface area contributed by atoms with E-state index in [1.54, 1.807) is 24.5 Å². The van der Waals surface area contributed by atoms with Gasteiger partial charge in [-0.05, 0) is 12.1 Å². The van der Waals surface area contributed by atoms with Crippen LogP contribution < -0.4 is 4.74 Å². The maximum Gasteiger partial charge on any atom is 0.197 e. The van der Waals surface area contributed by atoms with Crippen LogP contribution in [0.25, 0.3) is 0 Å². The van der Waals surface area contributed by atoms with E-state index in [2.05, 4.69) is 11.9 Å². The fourth-order valence-electron chi connectivity index (χ4n) is 0.574. The molecule has 1 rings (SSSR count). The molecule has 1 N–H and O–H groups in total. The molecule has 0 spiro atoms. The molecule has 1 heterocycles. The summed E-state index contributed by atoms with van der Waals surface area (Å²) in [6.07, 6.45) is 2.15. The molecule has 0 amide bonds. The van der Waals surface area contributed by atoms with E-state index in [4.69, 9.17) is 9.84 Å². The third-order valence-electron chi connectivity index (χ3n) is 0.922. The van der Waals surface area contributed by atoms with Gasteiger partial charge < -0.3 is 9.84 Å². The van der Waals surface area contributed by atoms with E-state index in [0.29, 0.717) is 5.75 Å². The average molecular weight is 138 g/mol. The van der Waals surface area contributed by atoms with Gasteiger partial charge >= 0.3 is 0 Å². The lowest BCUT2D eigenvalue weighted by molar-refractivity contribution is 0.0222. The SMILES string of the molecule is [CH2]C(O)Oc1ccncc1. The van der Waals surface area contributed by atoms with E-state index in [1.165, 1.54) is 0 Å². The van der Waals surface area contributed by atoms with E-state index in [-0.39, 0.29) is 0 Å². The predicted molar refractivity (Wildman–Crippen MR) is 36.2 cm³/mol. The minimum atomic E-state index is -1.01. The van der Waals surface area contributed by atoms with Gasteiger partial charge in [-0.25, -0.2) is 0 Å². The largest absolute Gasteiger partial charge is 0.465 e. The Morgan fingerprint density at radius 2 is 2.10 bits per heavy atom. The number of hydrogen-bond acceptors (Lipinski definition) is 3. The van der Waals surface area contributed by atoms with Gasteiger partial charge in [0.15, 0.2) is 6.29 Å². The van der Waals surface area contributed by atoms with Crippen molar-refractivity contribution >= 4 is 0 Å². The molecular formula is C7H8NO2. The Kier molecular flexibility index (Phi) is 2.23. The maximum atomic E-state index is 8.65. The van der Waals surface area contributed by atoms with Crippen LogP contribution in [0.4, 0.5) is 0 Å². The standard InChI is InChI=1S/C7H8NO2/c1-6(9)10-7-2-4-8-5-3-7/h2-6,9H,1H2. The van der Waals surface area contributed by atoms with Gasteiger partial charge in [0, 0.05) is 19.3 Å². The summed E-state index contributed by atoms with van der Waals surface area (Å²) in [5.41, 5.74) is 0. The van der Waals surface area contributed by atoms with Crippen molar-refractivity contribution in [2.45, 2.75) is 6.29 Å². The van der Waals surface area contributed by atoms with Gasteiger partial charge in [0.2, 0.25) is 0 Å². The quantitative estimate of drug-likeness (QED) is 0.609. The van der Waals surface area contributed by atoms with E-state index in [9.17, 15) is 0 Å². The first-order chi connectivity index (χ1) is 4.79. The molecule has 3 heteroatoms. The lowest BCUT2D eigenvalue weighted by atomic mass is 10.4. The lowest BCUT2D eigenvalue weighted by Crippen LogP contribution is -2.09. The van der Waals surface area contributed by atoms with Gasteiger partial charge in [-0.3, -0.25) is 4.98 Å². The van der Waals surface area contributed by atoms with Crippen LogP contribution >= 0.6 is 0 Å². The molecule has 0 saturated heterocycles. The normalized spacial score (nSPS) is 12.6. The third kappa shape index (κ3) is 2.03. The van der Waals surface area contributed by atoms with Crippen LogP contribution in [-0.4, -0.2) is 16.4 Å². The zero-order valence-electron chi connectivity index (χ0n) is 5.40. The number of rotatable bonds is 2. The number of aliphatic hydroxyl groups excluding tert-OH is 1. The van der Waals surface area contributed by atoms with Crippen molar-refractivity contribution in [1.82, 2.24) is 4.98 Å². The summed E-state index contributed by atoms with van der Waals surface area (Å²) in [5, 5.41) is 8.65. The van der Waals surface area contributed by atoms with Gasteiger partial charge in [-0.15, -0.1) is 0 Å². The number of aliphatic hydroxyl groups is 1. The van der Waals surface area contributed by atoms with Crippen LogP contribution in [0.1, 0.15) is 0 Å². The van der Waals surface area contributed by atoms with Crippen LogP contribution in [0.3, 0.4) is 0 Å². The highest BCUT2D eigenvalue weighted by atomic mass is 16.6. The molecule has 1 aromatic heterocycles. The predicted octanol–water partition coefficient (Wildman–Crippen LogP) is 0.613. The van der Waals surface area contributed by atoms with Crippen LogP contribution in [-0.2, 0) is 0 Å². The van der Waals surface area contributed by atoms with Crippen LogP contribution in [0.15, 0.2) is 24.5 Å². The Morgan fingerprint density at radius 3 is 2.60 bits per heavy atom. The van der Waals surface area contributed by atoms with Gasteiger partial charge in [0.1, 0.15) is 5.75 Å². The van der Waals surface area contributed by atoms with E-state index in [1.807, 2.05) is 0 Å². The summed E-state index contributed by atoms with van der Waals surface area (Å²) >= 11 is 0. The summed E-state index contributed by atoms with van der Waals surface area (Å²) in [5.74, 6) is 0.567. The third-order valence-corrected chi connectivity index (χ3v) is 0.922. The molecule has 0 aromatic carbocycles. The minimum absolute atomic E-state index is 0.567. The summed E-state index contributed by atoms with van der Waals surface area (Å²) in [7, 11) is 0. The van der Waals surface area contributed by atoms with Crippen molar-refractivity contribution in [3.63, 3.8) is 0 Å². The Labute approximate surface area is 59.3 Å². The molecule has 0 saturated carbocycles. The van der Waals surface area contributed by atoms with Crippen molar-refractivity contribution < 1.29 is 9.84 Å². The number of pyridine rings is 1. The van der Waals surface area contributed by atoms with Gasteiger partial charge in [-0.1, -0.05) is 0 Å². The fourth-order valence-corrected chi connectivity index (χ4v) is 0.574. The minimum Gasteiger partial charge on any atom is -0.465 e. The second-order valence-corrected chi connectivity index (χ2v) is 1.76. The van der Waals surface area contributed by atoms with E-state index in [0.717, 1.165) is 0 Å². The molecule has 1 radical (unpaired) electrons. The number of nitrogens with zero attached hydrogens (tertiary/aromatic N) is 1. The zero-order chi connectivity index (χ0) is 7.40. The molecule has 1 unspecified atom stereocenters. The van der Waals surface area contributed by atoms with Crippen molar-refractivity contribution in [2.75, 3.05) is 0 Å². The fraction of sp³-hybridized carbons (Fsp3) is 0.143. The molecule has 1 aromatic rings. The summed E-state index contributed by atoms with van der Waals surface area (Å²) in [4.78, 5) is 3.77. The van der Waals surface area contributed by atoms with Gasteiger partial charge in [-0.2, -0.15) is 0 Å². The smallest absolute Gasteiger partial charge is 0.197 e. The Balaban J connectivity index is 2.59. The summed E-state index contributed by atoms with van der Waals surface area (Å²) in [6, 6.07) is 3.29. The second-order valence-electron chi connectivity index (χ2n) is 1.76. The molecule has 10 heavy (non-hydrogen) atoms. The molecule has 0 aliphatic rings. The molecular weight excluding hydrogens is 130 g/mol. The lowest BCUT2D eigenvalue weighted by Gasteiger charge is -2.06. The van der Waals surface area contributed by atoms with Crippen molar-refractivity contribution in [1.29, 1.82) is 0 Å². The molecule has 1 atom stereocenters. The van der Waals surface area contributed by atoms with Crippen LogP contribution in [0, 0.1) is 6.92 Å². The molecule has 53 valence electrons.